The topological polar surface area (TPSA) is 146 Å². The summed E-state index contributed by atoms with van der Waals surface area (Å²) < 4.78 is 15.7. The summed E-state index contributed by atoms with van der Waals surface area (Å²) in [6, 6.07) is 7.34. The third-order valence-electron chi connectivity index (χ3n) is 5.74. The highest BCUT2D eigenvalue weighted by atomic mass is 16.6. The number of nitrogens with zero attached hydrogens (tertiary/aromatic N) is 2. The van der Waals surface area contributed by atoms with E-state index in [0.29, 0.717) is 12.2 Å². The Morgan fingerprint density at radius 1 is 1.03 bits per heavy atom. The highest BCUT2D eigenvalue weighted by Crippen LogP contribution is 2.37. The van der Waals surface area contributed by atoms with Gasteiger partial charge in [-0.1, -0.05) is 57.5 Å². The van der Waals surface area contributed by atoms with Crippen LogP contribution >= 0.6 is 0 Å². The van der Waals surface area contributed by atoms with Crippen molar-refractivity contribution in [3.05, 3.63) is 35.9 Å². The van der Waals surface area contributed by atoms with Crippen molar-refractivity contribution in [1.29, 1.82) is 0 Å². The van der Waals surface area contributed by atoms with Crippen LogP contribution in [0.4, 0.5) is 9.59 Å². The van der Waals surface area contributed by atoms with Gasteiger partial charge in [0.1, 0.15) is 6.10 Å². The number of barbiturate groups is 1. The molecule has 1 heterocycles. The molecule has 0 aliphatic carbocycles. The van der Waals surface area contributed by atoms with E-state index in [4.69, 9.17) is 19.9 Å². The molecule has 2 atom stereocenters. The lowest BCUT2D eigenvalue weighted by atomic mass is 9.74. The molecule has 2 rings (SSSR count). The number of primary amides is 1. The average Bonchev–Trinajstić information content (AvgIpc) is 2.85. The Labute approximate surface area is 204 Å². The number of hydrogen-bond acceptors (Lipinski definition) is 8. The summed E-state index contributed by atoms with van der Waals surface area (Å²) in [5.74, 6) is -2.19. The van der Waals surface area contributed by atoms with Crippen LogP contribution in [-0.4, -0.2) is 72.3 Å². The Kier molecular flexibility index (Phi) is 10.2. The first kappa shape index (κ1) is 27.8. The lowest BCUT2D eigenvalue weighted by Gasteiger charge is -2.44. The molecule has 1 aliphatic heterocycles. The van der Waals surface area contributed by atoms with E-state index in [2.05, 4.69) is 0 Å². The Hall–Kier alpha value is -3.47. The number of rotatable bonds is 13. The van der Waals surface area contributed by atoms with Crippen LogP contribution < -0.4 is 5.73 Å². The van der Waals surface area contributed by atoms with E-state index in [1.54, 1.807) is 44.2 Å². The number of benzene rings is 1. The summed E-state index contributed by atoms with van der Waals surface area (Å²) in [4.78, 5) is 65.4. The van der Waals surface area contributed by atoms with E-state index in [-0.39, 0.29) is 19.4 Å². The van der Waals surface area contributed by atoms with Crippen LogP contribution in [0.5, 0.6) is 0 Å². The lowest BCUT2D eigenvalue weighted by Crippen LogP contribution is -2.68. The van der Waals surface area contributed by atoms with Crippen molar-refractivity contribution in [2.75, 3.05) is 26.5 Å². The van der Waals surface area contributed by atoms with Crippen LogP contribution in [0.25, 0.3) is 0 Å². The third-order valence-corrected chi connectivity index (χ3v) is 5.74. The number of nitrogens with two attached hydrogens (primary N) is 1. The minimum atomic E-state index is -1.74. The van der Waals surface area contributed by atoms with Crippen molar-refractivity contribution < 1.29 is 38.2 Å². The number of ether oxygens (including phenoxy) is 3. The molecular formula is C24H33N3O8. The second-order valence-electron chi connectivity index (χ2n) is 8.04. The second kappa shape index (κ2) is 12.8. The van der Waals surface area contributed by atoms with Gasteiger partial charge in [-0.05, 0) is 18.4 Å². The predicted octanol–water partition coefficient (Wildman–Crippen LogP) is 2.32. The molecule has 1 aromatic carbocycles. The molecule has 1 fully saturated rings. The molecule has 2 N–H and O–H groups in total. The molecule has 0 bridgehead atoms. The number of amides is 5. The number of carbonyl (C=O) groups excluding carboxylic acids is 5. The number of unbranched alkanes of at least 4 members (excludes halogenated alkanes) is 1. The molecule has 0 saturated carbocycles. The van der Waals surface area contributed by atoms with Gasteiger partial charge in [-0.3, -0.25) is 19.3 Å². The van der Waals surface area contributed by atoms with E-state index in [0.717, 1.165) is 22.6 Å². The summed E-state index contributed by atoms with van der Waals surface area (Å²) >= 11 is 0. The van der Waals surface area contributed by atoms with E-state index >= 15 is 0 Å². The fraction of sp³-hybridized carbons (Fsp3) is 0.542. The molecule has 0 unspecified atom stereocenters. The summed E-state index contributed by atoms with van der Waals surface area (Å²) in [6.45, 7) is 4.43. The standard InChI is InChI=1S/C24H33N3O8/c1-4-7-13-33-15-18(35-22(25)31)14-26-20(29)24(6-3,17-11-9-8-10-12-17)21(30)27(23(26)32)16-34-19(28)5-2/h8-12,18H,4-7,13-16H2,1-3H3,(H2,25,31)/t18-,24+/m0/s1. The van der Waals surface area contributed by atoms with Gasteiger partial charge in [-0.2, -0.15) is 0 Å². The van der Waals surface area contributed by atoms with Crippen molar-refractivity contribution in [3.63, 3.8) is 0 Å². The van der Waals surface area contributed by atoms with Gasteiger partial charge in [0, 0.05) is 13.0 Å². The molecule has 192 valence electrons. The normalized spacial score (nSPS) is 19.0. The van der Waals surface area contributed by atoms with E-state index in [1.165, 1.54) is 0 Å². The molecular weight excluding hydrogens is 458 g/mol. The van der Waals surface area contributed by atoms with Gasteiger partial charge in [0.15, 0.2) is 12.1 Å². The Morgan fingerprint density at radius 3 is 2.26 bits per heavy atom. The summed E-state index contributed by atoms with van der Waals surface area (Å²) in [7, 11) is 0. The Balaban J connectivity index is 2.46. The SMILES string of the molecule is CCCCOC[C@H](CN1C(=O)N(COC(=O)CC)C(=O)[C@](CC)(c2ccccc2)C1=O)OC(N)=O. The minimum Gasteiger partial charge on any atom is -0.444 e. The van der Waals surface area contributed by atoms with E-state index in [9.17, 15) is 24.0 Å². The fourth-order valence-corrected chi connectivity index (χ4v) is 3.81. The molecule has 1 aromatic rings. The Morgan fingerprint density at radius 2 is 1.69 bits per heavy atom. The van der Waals surface area contributed by atoms with Gasteiger partial charge in [0.05, 0.1) is 13.2 Å². The monoisotopic (exact) mass is 491 g/mol. The molecule has 1 aliphatic rings. The van der Waals surface area contributed by atoms with Crippen molar-refractivity contribution in [1.82, 2.24) is 9.80 Å². The zero-order chi connectivity index (χ0) is 26.0. The largest absolute Gasteiger partial charge is 0.444 e. The van der Waals surface area contributed by atoms with Gasteiger partial charge in [-0.25, -0.2) is 14.5 Å². The number of carbonyl (C=O) groups is 5. The fourth-order valence-electron chi connectivity index (χ4n) is 3.81. The summed E-state index contributed by atoms with van der Waals surface area (Å²) in [6.07, 6.45) is -0.432. The number of imide groups is 2. The maximum atomic E-state index is 13.8. The van der Waals surface area contributed by atoms with E-state index < -0.39 is 54.7 Å². The van der Waals surface area contributed by atoms with Crippen LogP contribution in [-0.2, 0) is 34.0 Å². The average molecular weight is 492 g/mol. The van der Waals surface area contributed by atoms with Crippen LogP contribution in [0.2, 0.25) is 0 Å². The summed E-state index contributed by atoms with van der Waals surface area (Å²) in [5.41, 5.74) is 3.83. The molecule has 11 nitrogen and oxygen atoms in total. The van der Waals surface area contributed by atoms with Crippen molar-refractivity contribution in [2.45, 2.75) is 58.0 Å². The van der Waals surface area contributed by atoms with Crippen LogP contribution in [0.3, 0.4) is 0 Å². The Bertz CT molecular complexity index is 923. The van der Waals surface area contributed by atoms with Crippen LogP contribution in [0.15, 0.2) is 30.3 Å². The molecule has 0 spiro atoms. The smallest absolute Gasteiger partial charge is 0.404 e. The number of hydrogen-bond donors (Lipinski definition) is 1. The van der Waals surface area contributed by atoms with Gasteiger partial charge in [0.25, 0.3) is 11.8 Å². The maximum Gasteiger partial charge on any atom is 0.404 e. The van der Waals surface area contributed by atoms with Gasteiger partial charge >= 0.3 is 18.1 Å². The first-order chi connectivity index (χ1) is 16.7. The zero-order valence-electron chi connectivity index (χ0n) is 20.4. The number of esters is 1. The van der Waals surface area contributed by atoms with Crippen molar-refractivity contribution in [2.24, 2.45) is 5.73 Å². The molecule has 11 heteroatoms. The lowest BCUT2D eigenvalue weighted by molar-refractivity contribution is -0.160. The number of urea groups is 1. The van der Waals surface area contributed by atoms with Crippen molar-refractivity contribution >= 4 is 29.9 Å². The third kappa shape index (κ3) is 6.36. The second-order valence-corrected chi connectivity index (χ2v) is 8.04. The molecule has 35 heavy (non-hydrogen) atoms. The predicted molar refractivity (Wildman–Crippen MR) is 124 cm³/mol. The van der Waals surface area contributed by atoms with Crippen LogP contribution in [0.1, 0.15) is 52.0 Å². The van der Waals surface area contributed by atoms with Crippen molar-refractivity contribution in [3.8, 4) is 0 Å². The first-order valence-corrected chi connectivity index (χ1v) is 11.7. The molecule has 0 aromatic heterocycles. The van der Waals surface area contributed by atoms with Crippen LogP contribution in [0, 0.1) is 0 Å². The maximum absolute atomic E-state index is 13.8. The summed E-state index contributed by atoms with van der Waals surface area (Å²) in [5, 5.41) is 0. The molecule has 1 saturated heterocycles. The minimum absolute atomic E-state index is 0.0328. The first-order valence-electron chi connectivity index (χ1n) is 11.7. The van der Waals surface area contributed by atoms with E-state index in [1.807, 2.05) is 6.92 Å². The molecule has 0 radical (unpaired) electrons. The zero-order valence-corrected chi connectivity index (χ0v) is 20.4. The van der Waals surface area contributed by atoms with Gasteiger partial charge < -0.3 is 19.9 Å². The highest BCUT2D eigenvalue weighted by Gasteiger charge is 2.58. The quantitative estimate of drug-likeness (QED) is 0.251. The van der Waals surface area contributed by atoms with Gasteiger partial charge in [0.2, 0.25) is 0 Å². The molecule has 5 amide bonds. The highest BCUT2D eigenvalue weighted by molar-refractivity contribution is 6.22. The van der Waals surface area contributed by atoms with Gasteiger partial charge in [-0.15, -0.1) is 0 Å².